The Labute approximate surface area is 182 Å². The van der Waals surface area contributed by atoms with Crippen LogP contribution in [0, 0.1) is 6.92 Å². The van der Waals surface area contributed by atoms with Gasteiger partial charge in [0.05, 0.1) is 24.8 Å². The van der Waals surface area contributed by atoms with E-state index in [4.69, 9.17) is 9.47 Å². The summed E-state index contributed by atoms with van der Waals surface area (Å²) in [5, 5.41) is 74.1. The number of hydrogen-bond donors (Lipinski definition) is 7. The number of phenolic OH excluding ortho intramolecular Hbond substituents is 2. The molecule has 0 bridgehead atoms. The van der Waals surface area contributed by atoms with Gasteiger partial charge in [-0.2, -0.15) is 0 Å². The van der Waals surface area contributed by atoms with Crippen LogP contribution in [-0.4, -0.2) is 85.8 Å². The maximum Gasteiger partial charge on any atom is 0.201 e. The van der Waals surface area contributed by atoms with Crippen molar-refractivity contribution in [3.63, 3.8) is 0 Å². The fraction of sp³-hybridized carbons (Fsp3) is 0.409. The van der Waals surface area contributed by atoms with E-state index in [1.54, 1.807) is 6.92 Å². The Balaban J connectivity index is 2.06. The quantitative estimate of drug-likeness (QED) is 0.309. The zero-order chi connectivity index (χ0) is 23.5. The number of ether oxygens (including phenoxy) is 2. The Kier molecular flexibility index (Phi) is 5.40. The molecule has 172 valence electrons. The highest BCUT2D eigenvalue weighted by Crippen LogP contribution is 2.51. The topological polar surface area (TPSA) is 177 Å². The van der Waals surface area contributed by atoms with Gasteiger partial charge in [-0.15, -0.1) is 0 Å². The van der Waals surface area contributed by atoms with Crippen LogP contribution in [0.25, 0.3) is 0 Å². The summed E-state index contributed by atoms with van der Waals surface area (Å²) in [6.07, 6.45) is -8.41. The summed E-state index contributed by atoms with van der Waals surface area (Å²) >= 11 is 0. The van der Waals surface area contributed by atoms with Crippen LogP contribution in [0.5, 0.6) is 17.2 Å². The lowest BCUT2D eigenvalue weighted by atomic mass is 9.68. The summed E-state index contributed by atoms with van der Waals surface area (Å²) < 4.78 is 10.8. The number of phenols is 2. The van der Waals surface area contributed by atoms with Crippen LogP contribution in [0.1, 0.15) is 32.6 Å². The molecule has 0 amide bonds. The number of hydrogen-bond acceptors (Lipinski definition) is 10. The van der Waals surface area contributed by atoms with E-state index in [-0.39, 0.29) is 28.0 Å². The van der Waals surface area contributed by atoms with Crippen LogP contribution in [-0.2, 0) is 10.3 Å². The molecule has 0 radical (unpaired) electrons. The lowest BCUT2D eigenvalue weighted by molar-refractivity contribution is -0.265. The average Bonchev–Trinajstić information content (AvgIpc) is 2.75. The van der Waals surface area contributed by atoms with Crippen molar-refractivity contribution in [3.05, 3.63) is 52.1 Å². The normalized spacial score (nSPS) is 31.7. The minimum absolute atomic E-state index is 0.0809. The van der Waals surface area contributed by atoms with Gasteiger partial charge in [0.25, 0.3) is 0 Å². The number of fused-ring (bicyclic) bond motifs is 2. The molecule has 0 aromatic heterocycles. The molecule has 10 nitrogen and oxygen atoms in total. The largest absolute Gasteiger partial charge is 0.507 e. The van der Waals surface area contributed by atoms with E-state index < -0.39 is 60.0 Å². The molecule has 2 aromatic carbocycles. The zero-order valence-electron chi connectivity index (χ0n) is 17.3. The number of methoxy groups -OCH3 is 1. The Hall–Kier alpha value is -2.73. The van der Waals surface area contributed by atoms with E-state index in [0.29, 0.717) is 5.56 Å². The van der Waals surface area contributed by atoms with Gasteiger partial charge in [0.15, 0.2) is 0 Å². The van der Waals surface area contributed by atoms with E-state index in [1.807, 2.05) is 0 Å². The second-order valence-electron chi connectivity index (χ2n) is 8.12. The Morgan fingerprint density at radius 2 is 1.56 bits per heavy atom. The molecule has 10 heteroatoms. The summed E-state index contributed by atoms with van der Waals surface area (Å²) in [5.41, 5.74) is -2.93. The van der Waals surface area contributed by atoms with Crippen LogP contribution in [0.3, 0.4) is 0 Å². The molecule has 1 aliphatic heterocycles. The van der Waals surface area contributed by atoms with Crippen molar-refractivity contribution < 1.29 is 50.0 Å². The molecule has 1 fully saturated rings. The number of carbonyl (C=O) groups excluding carboxylic acids is 1. The minimum atomic E-state index is -2.40. The summed E-state index contributed by atoms with van der Waals surface area (Å²) in [5.74, 6) is -1.70. The van der Waals surface area contributed by atoms with E-state index in [1.165, 1.54) is 25.3 Å². The summed E-state index contributed by atoms with van der Waals surface area (Å²) in [4.78, 5) is 13.2. The highest BCUT2D eigenvalue weighted by Gasteiger charge is 2.58. The van der Waals surface area contributed by atoms with Crippen LogP contribution >= 0.6 is 0 Å². The molecule has 1 heterocycles. The average molecular weight is 448 g/mol. The smallest absolute Gasteiger partial charge is 0.201 e. The van der Waals surface area contributed by atoms with Crippen molar-refractivity contribution in [1.29, 1.82) is 0 Å². The molecule has 2 aliphatic rings. The molecule has 0 saturated carbocycles. The van der Waals surface area contributed by atoms with Gasteiger partial charge in [0, 0.05) is 17.2 Å². The van der Waals surface area contributed by atoms with Gasteiger partial charge in [0.1, 0.15) is 53.4 Å². The maximum atomic E-state index is 13.2. The first-order valence-corrected chi connectivity index (χ1v) is 9.89. The summed E-state index contributed by atoms with van der Waals surface area (Å²) in [7, 11) is 1.31. The molecule has 6 atom stereocenters. The van der Waals surface area contributed by atoms with Crippen molar-refractivity contribution in [3.8, 4) is 17.2 Å². The number of aromatic hydroxyl groups is 2. The first-order chi connectivity index (χ1) is 15.1. The lowest BCUT2D eigenvalue weighted by Gasteiger charge is -2.49. The molecule has 0 unspecified atom stereocenters. The SMILES string of the molecule is COc1cc(O)c2c(c1)[C@@](O)([C@H]1O[C@H](CO)[C@@H](O)[C@H](O)[C@H]1O)c1cc(C)cc(O)c1C2=O. The van der Waals surface area contributed by atoms with Gasteiger partial charge in [-0.3, -0.25) is 4.79 Å². The molecule has 1 saturated heterocycles. The van der Waals surface area contributed by atoms with E-state index in [0.717, 1.165) is 6.07 Å². The maximum absolute atomic E-state index is 13.2. The molecule has 0 spiro atoms. The first kappa shape index (κ1) is 22.5. The predicted octanol–water partition coefficient (Wildman–Crippen LogP) is -0.962. The Morgan fingerprint density at radius 3 is 2.16 bits per heavy atom. The molecular formula is C22H24O10. The van der Waals surface area contributed by atoms with Gasteiger partial charge >= 0.3 is 0 Å². The molecule has 7 N–H and O–H groups in total. The third kappa shape index (κ3) is 2.99. The zero-order valence-corrected chi connectivity index (χ0v) is 17.3. The second-order valence-corrected chi connectivity index (χ2v) is 8.12. The van der Waals surface area contributed by atoms with Crippen molar-refractivity contribution >= 4 is 5.78 Å². The first-order valence-electron chi connectivity index (χ1n) is 9.89. The van der Waals surface area contributed by atoms with Gasteiger partial charge in [-0.1, -0.05) is 6.07 Å². The highest BCUT2D eigenvalue weighted by atomic mass is 16.6. The second kappa shape index (κ2) is 7.69. The number of rotatable bonds is 3. The van der Waals surface area contributed by atoms with Crippen LogP contribution in [0.15, 0.2) is 24.3 Å². The third-order valence-corrected chi connectivity index (χ3v) is 6.17. The van der Waals surface area contributed by atoms with Crippen molar-refractivity contribution in [2.45, 2.75) is 43.0 Å². The molecule has 1 aliphatic carbocycles. The van der Waals surface area contributed by atoms with Crippen LogP contribution in [0.2, 0.25) is 0 Å². The van der Waals surface area contributed by atoms with Gasteiger partial charge in [-0.25, -0.2) is 0 Å². The fourth-order valence-corrected chi connectivity index (χ4v) is 4.59. The molecule has 2 aromatic rings. The summed E-state index contributed by atoms with van der Waals surface area (Å²) in [6.45, 7) is 0.870. The standard InChI is InChI=1S/C22H24O10/c1-8-3-10-15(12(24)4-8)18(27)16-11(5-9(31-2)6-13(16)25)22(10,30)21-20(29)19(28)17(26)14(7-23)32-21/h3-6,14,17,19-21,23-26,28-30H,7H2,1-2H3/t14-,17-,19+,20-,21+,22-/m1/s1. The number of ketones is 1. The molecule has 32 heavy (non-hydrogen) atoms. The van der Waals surface area contributed by atoms with Crippen molar-refractivity contribution in [1.82, 2.24) is 0 Å². The number of benzene rings is 2. The number of aryl methyl sites for hydroxylation is 1. The fourth-order valence-electron chi connectivity index (χ4n) is 4.59. The van der Waals surface area contributed by atoms with E-state index in [2.05, 4.69) is 0 Å². The summed E-state index contributed by atoms with van der Waals surface area (Å²) in [6, 6.07) is 5.14. The Morgan fingerprint density at radius 1 is 0.969 bits per heavy atom. The van der Waals surface area contributed by atoms with E-state index >= 15 is 0 Å². The Bertz CT molecular complexity index is 1080. The van der Waals surface area contributed by atoms with Gasteiger partial charge in [0.2, 0.25) is 5.78 Å². The lowest BCUT2D eigenvalue weighted by Crippen LogP contribution is -2.65. The van der Waals surface area contributed by atoms with Crippen LogP contribution in [0.4, 0.5) is 0 Å². The van der Waals surface area contributed by atoms with Crippen molar-refractivity contribution in [2.24, 2.45) is 0 Å². The monoisotopic (exact) mass is 448 g/mol. The van der Waals surface area contributed by atoms with Crippen molar-refractivity contribution in [2.75, 3.05) is 13.7 Å². The number of aliphatic hydroxyl groups excluding tert-OH is 4. The van der Waals surface area contributed by atoms with Crippen LogP contribution < -0.4 is 4.74 Å². The number of aliphatic hydroxyl groups is 5. The molecule has 4 rings (SSSR count). The number of carbonyl (C=O) groups is 1. The van der Waals surface area contributed by atoms with E-state index in [9.17, 15) is 40.5 Å². The van der Waals surface area contributed by atoms with Gasteiger partial charge < -0.3 is 45.2 Å². The highest BCUT2D eigenvalue weighted by molar-refractivity contribution is 6.16. The van der Waals surface area contributed by atoms with Gasteiger partial charge in [-0.05, 0) is 24.6 Å². The predicted molar refractivity (Wildman–Crippen MR) is 108 cm³/mol. The molecular weight excluding hydrogens is 424 g/mol. The minimum Gasteiger partial charge on any atom is -0.507 e. The third-order valence-electron chi connectivity index (χ3n) is 6.17.